The van der Waals surface area contributed by atoms with Crippen LogP contribution in [-0.4, -0.2) is 23.0 Å². The molecule has 1 atom stereocenters. The molecule has 0 bridgehead atoms. The van der Waals surface area contributed by atoms with Crippen LogP contribution in [-0.2, 0) is 4.79 Å². The smallest absolute Gasteiger partial charge is 0.305 e. The first kappa shape index (κ1) is 16.1. The van der Waals surface area contributed by atoms with E-state index in [2.05, 4.69) is 5.32 Å². The highest BCUT2D eigenvalue weighted by atomic mass is 19.1. The number of aliphatic carboxylic acids is 1. The summed E-state index contributed by atoms with van der Waals surface area (Å²) in [6, 6.07) is 2.36. The quantitative estimate of drug-likeness (QED) is 0.893. The lowest BCUT2D eigenvalue weighted by Crippen LogP contribution is -2.45. The molecule has 1 aromatic rings. The van der Waals surface area contributed by atoms with Crippen LogP contribution in [0, 0.1) is 17.0 Å². The van der Waals surface area contributed by atoms with E-state index in [-0.39, 0.29) is 6.42 Å². The summed E-state index contributed by atoms with van der Waals surface area (Å²) in [5.74, 6) is -4.02. The van der Waals surface area contributed by atoms with Gasteiger partial charge in [0.05, 0.1) is 6.42 Å². The van der Waals surface area contributed by atoms with Crippen molar-refractivity contribution in [2.75, 3.05) is 0 Å². The van der Waals surface area contributed by atoms with Gasteiger partial charge < -0.3 is 10.4 Å². The average Bonchev–Trinajstić information content (AvgIpc) is 2.25. The van der Waals surface area contributed by atoms with E-state index in [1.54, 1.807) is 20.8 Å². The molecule has 0 fully saturated rings. The lowest BCUT2D eigenvalue weighted by atomic mass is 9.84. The molecule has 0 radical (unpaired) electrons. The summed E-state index contributed by atoms with van der Waals surface area (Å²) < 4.78 is 27.0. The van der Waals surface area contributed by atoms with Gasteiger partial charge >= 0.3 is 5.97 Å². The van der Waals surface area contributed by atoms with Crippen molar-refractivity contribution in [2.45, 2.75) is 33.2 Å². The van der Waals surface area contributed by atoms with Crippen molar-refractivity contribution >= 4 is 11.9 Å². The molecule has 0 spiro atoms. The van der Waals surface area contributed by atoms with Crippen molar-refractivity contribution in [3.05, 3.63) is 35.4 Å². The molecular formula is C14H17F2NO3. The second kappa shape index (κ2) is 5.98. The van der Waals surface area contributed by atoms with Gasteiger partial charge in [-0.15, -0.1) is 0 Å². The third-order valence-electron chi connectivity index (χ3n) is 2.92. The molecule has 1 unspecified atom stereocenters. The van der Waals surface area contributed by atoms with Gasteiger partial charge in [0.15, 0.2) is 0 Å². The molecule has 0 saturated carbocycles. The van der Waals surface area contributed by atoms with Gasteiger partial charge in [-0.3, -0.25) is 9.59 Å². The minimum atomic E-state index is -1.10. The number of halogens is 2. The predicted molar refractivity (Wildman–Crippen MR) is 69.3 cm³/mol. The summed E-state index contributed by atoms with van der Waals surface area (Å²) in [7, 11) is 0. The van der Waals surface area contributed by atoms with Crippen LogP contribution in [0.5, 0.6) is 0 Å². The zero-order valence-electron chi connectivity index (χ0n) is 11.5. The standard InChI is InChI=1S/C14H17F2NO3/c1-14(2,3)10(7-11(18)19)17-13(20)12-8(15)5-4-6-9(12)16/h4-6,10H,7H2,1-3H3,(H,17,20)(H,18,19). The van der Waals surface area contributed by atoms with Crippen LogP contribution in [0.25, 0.3) is 0 Å². The first-order valence-electron chi connectivity index (χ1n) is 6.09. The average molecular weight is 285 g/mol. The Morgan fingerprint density at radius 3 is 2.15 bits per heavy atom. The fourth-order valence-electron chi connectivity index (χ4n) is 1.69. The van der Waals surface area contributed by atoms with E-state index in [4.69, 9.17) is 5.11 Å². The number of hydrogen-bond acceptors (Lipinski definition) is 2. The van der Waals surface area contributed by atoms with Gasteiger partial charge in [0.2, 0.25) is 0 Å². The normalized spacial score (nSPS) is 12.8. The van der Waals surface area contributed by atoms with Crippen molar-refractivity contribution in [2.24, 2.45) is 5.41 Å². The van der Waals surface area contributed by atoms with E-state index in [9.17, 15) is 18.4 Å². The highest BCUT2D eigenvalue weighted by Crippen LogP contribution is 2.23. The van der Waals surface area contributed by atoms with Crippen LogP contribution in [0.2, 0.25) is 0 Å². The number of benzene rings is 1. The Morgan fingerprint density at radius 2 is 1.75 bits per heavy atom. The summed E-state index contributed by atoms with van der Waals surface area (Å²) in [5.41, 5.74) is -1.26. The number of carbonyl (C=O) groups excluding carboxylic acids is 1. The zero-order valence-corrected chi connectivity index (χ0v) is 11.5. The van der Waals surface area contributed by atoms with Gasteiger partial charge in [0, 0.05) is 6.04 Å². The van der Waals surface area contributed by atoms with Crippen LogP contribution in [0.3, 0.4) is 0 Å². The summed E-state index contributed by atoms with van der Waals surface area (Å²) in [6.07, 6.45) is -0.328. The number of carbonyl (C=O) groups is 2. The monoisotopic (exact) mass is 285 g/mol. The number of amides is 1. The Bertz CT molecular complexity index is 503. The number of nitrogens with one attached hydrogen (secondary N) is 1. The van der Waals surface area contributed by atoms with Crippen LogP contribution in [0.15, 0.2) is 18.2 Å². The van der Waals surface area contributed by atoms with E-state index >= 15 is 0 Å². The Kier molecular flexibility index (Phi) is 4.81. The summed E-state index contributed by atoms with van der Waals surface area (Å²) in [5, 5.41) is 11.2. The van der Waals surface area contributed by atoms with E-state index in [1.165, 1.54) is 0 Å². The molecule has 0 saturated heterocycles. The predicted octanol–water partition coefficient (Wildman–Crippen LogP) is 2.58. The topological polar surface area (TPSA) is 66.4 Å². The largest absolute Gasteiger partial charge is 0.481 e. The molecule has 2 N–H and O–H groups in total. The second-order valence-electron chi connectivity index (χ2n) is 5.59. The summed E-state index contributed by atoms with van der Waals surface area (Å²) in [4.78, 5) is 22.7. The third-order valence-corrected chi connectivity index (χ3v) is 2.92. The molecule has 6 heteroatoms. The Morgan fingerprint density at radius 1 is 1.25 bits per heavy atom. The van der Waals surface area contributed by atoms with Crippen molar-refractivity contribution in [1.29, 1.82) is 0 Å². The van der Waals surface area contributed by atoms with Gasteiger partial charge in [0.25, 0.3) is 5.91 Å². The molecule has 0 aromatic heterocycles. The molecule has 0 aliphatic heterocycles. The molecule has 1 rings (SSSR count). The van der Waals surface area contributed by atoms with Crippen molar-refractivity contribution < 1.29 is 23.5 Å². The lowest BCUT2D eigenvalue weighted by molar-refractivity contribution is -0.138. The molecule has 1 aromatic carbocycles. The second-order valence-corrected chi connectivity index (χ2v) is 5.59. The van der Waals surface area contributed by atoms with E-state index in [1.807, 2.05) is 0 Å². The minimum Gasteiger partial charge on any atom is -0.481 e. The van der Waals surface area contributed by atoms with Gasteiger partial charge in [0.1, 0.15) is 17.2 Å². The molecule has 0 aliphatic carbocycles. The van der Waals surface area contributed by atoms with Crippen LogP contribution in [0.1, 0.15) is 37.6 Å². The maximum atomic E-state index is 13.5. The van der Waals surface area contributed by atoms with Crippen LogP contribution >= 0.6 is 0 Å². The minimum absolute atomic E-state index is 0.328. The SMILES string of the molecule is CC(C)(C)C(CC(=O)O)NC(=O)c1c(F)cccc1F. The maximum Gasteiger partial charge on any atom is 0.305 e. The Balaban J connectivity index is 3.00. The van der Waals surface area contributed by atoms with Gasteiger partial charge in [-0.25, -0.2) is 8.78 Å². The van der Waals surface area contributed by atoms with Crippen molar-refractivity contribution in [3.63, 3.8) is 0 Å². The molecule has 4 nitrogen and oxygen atoms in total. The number of rotatable bonds is 4. The molecular weight excluding hydrogens is 268 g/mol. The fraction of sp³-hybridized carbons (Fsp3) is 0.429. The summed E-state index contributed by atoms with van der Waals surface area (Å²) in [6.45, 7) is 5.20. The van der Waals surface area contributed by atoms with Gasteiger partial charge in [-0.1, -0.05) is 26.8 Å². The van der Waals surface area contributed by atoms with E-state index in [0.29, 0.717) is 0 Å². The van der Waals surface area contributed by atoms with E-state index < -0.39 is 40.5 Å². The third kappa shape index (κ3) is 4.01. The fourth-order valence-corrected chi connectivity index (χ4v) is 1.69. The molecule has 0 aliphatic rings. The van der Waals surface area contributed by atoms with Crippen LogP contribution < -0.4 is 5.32 Å². The van der Waals surface area contributed by atoms with Crippen molar-refractivity contribution in [3.8, 4) is 0 Å². The van der Waals surface area contributed by atoms with Gasteiger partial charge in [-0.2, -0.15) is 0 Å². The Hall–Kier alpha value is -1.98. The Labute approximate surface area is 115 Å². The number of hydrogen-bond donors (Lipinski definition) is 2. The molecule has 1 amide bonds. The first-order valence-corrected chi connectivity index (χ1v) is 6.09. The van der Waals surface area contributed by atoms with Crippen molar-refractivity contribution in [1.82, 2.24) is 5.32 Å². The van der Waals surface area contributed by atoms with Gasteiger partial charge in [-0.05, 0) is 17.5 Å². The number of carboxylic acid groups (broad SMARTS) is 1. The first-order chi connectivity index (χ1) is 9.12. The summed E-state index contributed by atoms with van der Waals surface area (Å²) >= 11 is 0. The highest BCUT2D eigenvalue weighted by molar-refractivity contribution is 5.95. The molecule has 110 valence electrons. The molecule has 0 heterocycles. The van der Waals surface area contributed by atoms with E-state index in [0.717, 1.165) is 18.2 Å². The molecule has 20 heavy (non-hydrogen) atoms. The lowest BCUT2D eigenvalue weighted by Gasteiger charge is -2.30. The maximum absolute atomic E-state index is 13.5. The van der Waals surface area contributed by atoms with Crippen LogP contribution in [0.4, 0.5) is 8.78 Å². The number of carboxylic acids is 1. The zero-order chi connectivity index (χ0) is 15.5. The highest BCUT2D eigenvalue weighted by Gasteiger charge is 2.30.